The number of carbonyl (C=O) groups is 3. The summed E-state index contributed by atoms with van der Waals surface area (Å²) in [5.41, 5.74) is -0.118. The van der Waals surface area contributed by atoms with Crippen LogP contribution in [-0.2, 0) is 20.0 Å². The summed E-state index contributed by atoms with van der Waals surface area (Å²) < 4.78 is 0. The molecule has 1 N–H and O–H groups in total. The number of Topliss-reactive ketones (excluding diaryl/α,β-unsaturated/α-hetero) is 3. The fourth-order valence-electron chi connectivity index (χ4n) is 4.61. The van der Waals surface area contributed by atoms with Crippen molar-refractivity contribution in [3.05, 3.63) is 41.5 Å². The fourth-order valence-corrected chi connectivity index (χ4v) is 4.61. The molecule has 0 saturated heterocycles. The van der Waals surface area contributed by atoms with E-state index in [-0.39, 0.29) is 34.1 Å². The molecule has 0 amide bonds. The van der Waals surface area contributed by atoms with Gasteiger partial charge in [-0.25, -0.2) is 0 Å². The molecule has 0 aromatic heterocycles. The third-order valence-electron chi connectivity index (χ3n) is 6.97. The first-order valence-corrected chi connectivity index (χ1v) is 9.14. The Kier molecular flexibility index (Phi) is 4.31. The second-order valence-corrected chi connectivity index (χ2v) is 8.45. The lowest BCUT2D eigenvalue weighted by Gasteiger charge is -2.31. The highest BCUT2D eigenvalue weighted by Crippen LogP contribution is 2.61. The molecule has 0 spiro atoms. The van der Waals surface area contributed by atoms with Gasteiger partial charge in [0.2, 0.25) is 11.6 Å². The number of rotatable bonds is 1. The van der Waals surface area contributed by atoms with Crippen LogP contribution in [0.15, 0.2) is 30.3 Å². The van der Waals surface area contributed by atoms with Crippen molar-refractivity contribution in [3.63, 3.8) is 0 Å². The maximum atomic E-state index is 11.6. The maximum absolute atomic E-state index is 11.6. The van der Waals surface area contributed by atoms with E-state index in [1.54, 1.807) is 6.07 Å². The molecule has 1 aromatic rings. The van der Waals surface area contributed by atoms with Crippen molar-refractivity contribution in [2.45, 2.75) is 52.6 Å². The van der Waals surface area contributed by atoms with Gasteiger partial charge in [-0.2, -0.15) is 0 Å². The summed E-state index contributed by atoms with van der Waals surface area (Å²) in [6.45, 7) is 7.47. The van der Waals surface area contributed by atoms with Crippen LogP contribution in [0.1, 0.15) is 58.1 Å². The Labute approximate surface area is 154 Å². The van der Waals surface area contributed by atoms with E-state index >= 15 is 0 Å². The van der Waals surface area contributed by atoms with Crippen LogP contribution < -0.4 is 0 Å². The molecule has 3 unspecified atom stereocenters. The Balaban J connectivity index is 0.000000152. The van der Waals surface area contributed by atoms with Gasteiger partial charge in [0.1, 0.15) is 0 Å². The Morgan fingerprint density at radius 1 is 1.15 bits per heavy atom. The zero-order valence-electron chi connectivity index (χ0n) is 15.8. The monoisotopic (exact) mass is 354 g/mol. The summed E-state index contributed by atoms with van der Waals surface area (Å²) in [6.07, 6.45) is 5.96. The average Bonchev–Trinajstić information content (AvgIpc) is 2.90. The van der Waals surface area contributed by atoms with E-state index in [0.29, 0.717) is 6.42 Å². The molecular formula is C22H26O4. The molecule has 3 aliphatic rings. The second kappa shape index (κ2) is 5.98. The van der Waals surface area contributed by atoms with Gasteiger partial charge in [0.25, 0.3) is 0 Å². The van der Waals surface area contributed by atoms with Crippen molar-refractivity contribution in [2.24, 2.45) is 16.7 Å². The summed E-state index contributed by atoms with van der Waals surface area (Å²) in [7, 11) is 0. The standard InChI is InChI=1S/C12H12O2.C10H14O2/c1-9(13)12(14)8-4-6-10-5-2-3-7-11(10)12;1-9(2)6-4-5-10(9,3)8(12)7(6)11/h2-7,14H,8H2,1H3;6H,4-5H2,1-3H3. The van der Waals surface area contributed by atoms with Gasteiger partial charge in [-0.3, -0.25) is 14.4 Å². The normalized spacial score (nSPS) is 33.5. The van der Waals surface area contributed by atoms with E-state index in [0.717, 1.165) is 24.0 Å². The van der Waals surface area contributed by atoms with Gasteiger partial charge in [0.05, 0.1) is 0 Å². The lowest BCUT2D eigenvalue weighted by molar-refractivity contribution is -0.141. The highest BCUT2D eigenvalue weighted by molar-refractivity contribution is 6.43. The van der Waals surface area contributed by atoms with Crippen LogP contribution in [0, 0.1) is 16.7 Å². The minimum atomic E-state index is -1.31. The summed E-state index contributed by atoms with van der Waals surface area (Å²) in [5.74, 6) is -0.429. The first-order chi connectivity index (χ1) is 12.1. The van der Waals surface area contributed by atoms with Gasteiger partial charge in [-0.05, 0) is 36.3 Å². The lowest BCUT2D eigenvalue weighted by atomic mass is 9.70. The SMILES string of the molecule is CC(=O)C1(O)CC=Cc2ccccc21.CC12CCC(C(=O)C1=O)C2(C)C. The largest absolute Gasteiger partial charge is 0.377 e. The Bertz CT molecular complexity index is 819. The number of aliphatic hydroxyl groups is 1. The number of fused-ring (bicyclic) bond motifs is 3. The predicted molar refractivity (Wildman–Crippen MR) is 99.3 cm³/mol. The Hall–Kier alpha value is -2.07. The van der Waals surface area contributed by atoms with Crippen LogP contribution in [0.5, 0.6) is 0 Å². The van der Waals surface area contributed by atoms with Gasteiger partial charge in [0.15, 0.2) is 11.4 Å². The van der Waals surface area contributed by atoms with Crippen LogP contribution in [0.25, 0.3) is 6.08 Å². The zero-order chi connectivity index (χ0) is 19.3. The third-order valence-corrected chi connectivity index (χ3v) is 6.97. The number of hydrogen-bond acceptors (Lipinski definition) is 4. The summed E-state index contributed by atoms with van der Waals surface area (Å²) >= 11 is 0. The van der Waals surface area contributed by atoms with Crippen LogP contribution in [0.2, 0.25) is 0 Å². The van der Waals surface area contributed by atoms with Crippen molar-refractivity contribution in [3.8, 4) is 0 Å². The lowest BCUT2D eigenvalue weighted by Crippen LogP contribution is -2.35. The highest BCUT2D eigenvalue weighted by Gasteiger charge is 2.66. The number of carbonyl (C=O) groups excluding carboxylic acids is 3. The molecule has 2 saturated carbocycles. The average molecular weight is 354 g/mol. The van der Waals surface area contributed by atoms with Crippen LogP contribution in [-0.4, -0.2) is 22.5 Å². The summed E-state index contributed by atoms with van der Waals surface area (Å²) in [6, 6.07) is 7.44. The molecule has 4 heteroatoms. The number of hydrogen-bond donors (Lipinski definition) is 1. The highest BCUT2D eigenvalue weighted by atomic mass is 16.3. The predicted octanol–water partition coefficient (Wildman–Crippen LogP) is 3.46. The Morgan fingerprint density at radius 2 is 1.81 bits per heavy atom. The minimum absolute atomic E-state index is 0.00926. The molecule has 2 fully saturated rings. The zero-order valence-corrected chi connectivity index (χ0v) is 15.8. The number of ketones is 3. The van der Waals surface area contributed by atoms with Crippen molar-refractivity contribution in [1.29, 1.82) is 0 Å². The summed E-state index contributed by atoms with van der Waals surface area (Å²) in [5, 5.41) is 10.2. The molecule has 138 valence electrons. The van der Waals surface area contributed by atoms with Gasteiger partial charge in [-0.1, -0.05) is 57.2 Å². The van der Waals surface area contributed by atoms with E-state index in [9.17, 15) is 19.5 Å². The fraction of sp³-hybridized carbons (Fsp3) is 0.500. The van der Waals surface area contributed by atoms with E-state index in [2.05, 4.69) is 0 Å². The molecule has 4 nitrogen and oxygen atoms in total. The van der Waals surface area contributed by atoms with Gasteiger partial charge in [-0.15, -0.1) is 0 Å². The molecule has 0 radical (unpaired) electrons. The molecule has 0 aliphatic heterocycles. The molecule has 0 heterocycles. The van der Waals surface area contributed by atoms with Crippen LogP contribution in [0.4, 0.5) is 0 Å². The number of benzene rings is 1. The molecule has 2 bridgehead atoms. The molecule has 26 heavy (non-hydrogen) atoms. The third kappa shape index (κ3) is 2.43. The van der Waals surface area contributed by atoms with E-state index in [4.69, 9.17) is 0 Å². The molecule has 4 rings (SSSR count). The van der Waals surface area contributed by atoms with Crippen LogP contribution in [0.3, 0.4) is 0 Å². The second-order valence-electron chi connectivity index (χ2n) is 8.45. The van der Waals surface area contributed by atoms with E-state index in [1.165, 1.54) is 6.92 Å². The minimum Gasteiger partial charge on any atom is -0.377 e. The molecule has 1 aromatic carbocycles. The maximum Gasteiger partial charge on any atom is 0.205 e. The Morgan fingerprint density at radius 3 is 2.31 bits per heavy atom. The molecule has 3 aliphatic carbocycles. The molecule has 3 atom stereocenters. The first-order valence-electron chi connectivity index (χ1n) is 9.14. The first kappa shape index (κ1) is 18.7. The van der Waals surface area contributed by atoms with Gasteiger partial charge >= 0.3 is 0 Å². The summed E-state index contributed by atoms with van der Waals surface area (Å²) in [4.78, 5) is 34.4. The smallest absolute Gasteiger partial charge is 0.205 e. The van der Waals surface area contributed by atoms with Gasteiger partial charge < -0.3 is 5.11 Å². The van der Waals surface area contributed by atoms with Crippen molar-refractivity contribution < 1.29 is 19.5 Å². The van der Waals surface area contributed by atoms with Crippen LogP contribution >= 0.6 is 0 Å². The quantitative estimate of drug-likeness (QED) is 0.784. The molecular weight excluding hydrogens is 328 g/mol. The van der Waals surface area contributed by atoms with E-state index in [1.807, 2.05) is 51.1 Å². The van der Waals surface area contributed by atoms with Crippen molar-refractivity contribution in [2.75, 3.05) is 0 Å². The van der Waals surface area contributed by atoms with E-state index < -0.39 is 5.60 Å². The van der Waals surface area contributed by atoms with Crippen molar-refractivity contribution >= 4 is 23.4 Å². The van der Waals surface area contributed by atoms with Gasteiger partial charge in [0, 0.05) is 17.8 Å². The topological polar surface area (TPSA) is 71.4 Å². The van der Waals surface area contributed by atoms with Crippen molar-refractivity contribution in [1.82, 2.24) is 0 Å².